The maximum absolute atomic E-state index is 12.3. The first kappa shape index (κ1) is 26.1. The number of ether oxygens (including phenoxy) is 2. The van der Waals surface area contributed by atoms with Gasteiger partial charge in [0.1, 0.15) is 5.60 Å². The molecule has 1 atom stereocenters. The minimum absolute atomic E-state index is 0.364. The van der Waals surface area contributed by atoms with Crippen molar-refractivity contribution in [2.75, 3.05) is 19.0 Å². The number of amides is 2. The Morgan fingerprint density at radius 1 is 1.13 bits per heavy atom. The van der Waals surface area contributed by atoms with Crippen molar-refractivity contribution in [3.05, 3.63) is 41.3 Å². The molecule has 0 aliphatic rings. The molecule has 3 N–H and O–H groups in total. The predicted molar refractivity (Wildman–Crippen MR) is 121 cm³/mol. The summed E-state index contributed by atoms with van der Waals surface area (Å²) in [5, 5.41) is 15.9. The lowest BCUT2D eigenvalue weighted by Crippen LogP contribution is -2.43. The number of benzene rings is 1. The van der Waals surface area contributed by atoms with Gasteiger partial charge in [0.15, 0.2) is 6.04 Å². The third kappa shape index (κ3) is 8.39. The summed E-state index contributed by atoms with van der Waals surface area (Å²) in [7, 11) is 1.18. The fraction of sp³-hybridized carbons (Fsp3) is 0.409. The topological polar surface area (TPSA) is 114 Å². The van der Waals surface area contributed by atoms with E-state index in [4.69, 9.17) is 4.74 Å². The van der Waals surface area contributed by atoms with Crippen LogP contribution in [0.4, 0.5) is 10.5 Å². The third-order valence-corrected chi connectivity index (χ3v) is 4.63. The Morgan fingerprint density at radius 3 is 2.26 bits per heavy atom. The number of thiophene rings is 1. The molecular formula is C22H30N2O6S. The highest BCUT2D eigenvalue weighted by Crippen LogP contribution is 2.28. The number of methoxy groups -OCH3 is 1. The first-order valence-electron chi connectivity index (χ1n) is 9.81. The molecule has 170 valence electrons. The van der Waals surface area contributed by atoms with Gasteiger partial charge >= 0.3 is 12.1 Å². The molecule has 31 heavy (non-hydrogen) atoms. The summed E-state index contributed by atoms with van der Waals surface area (Å²) < 4.78 is 9.74. The number of nitrogens with one attached hydrogen (secondary N) is 2. The van der Waals surface area contributed by atoms with Crippen molar-refractivity contribution in [1.82, 2.24) is 5.32 Å². The van der Waals surface area contributed by atoms with Crippen molar-refractivity contribution in [3.8, 4) is 10.4 Å². The van der Waals surface area contributed by atoms with Crippen molar-refractivity contribution >= 4 is 35.0 Å². The number of hydrogen-bond acceptors (Lipinski definition) is 7. The van der Waals surface area contributed by atoms with Gasteiger partial charge in [0.2, 0.25) is 0 Å². The molecule has 0 aliphatic carbocycles. The van der Waals surface area contributed by atoms with Crippen LogP contribution in [-0.2, 0) is 14.3 Å². The van der Waals surface area contributed by atoms with Gasteiger partial charge in [-0.15, -0.1) is 11.3 Å². The molecule has 1 heterocycles. The van der Waals surface area contributed by atoms with Gasteiger partial charge in [0, 0.05) is 15.9 Å². The number of aliphatic hydroxyl groups excluding tert-OH is 1. The Balaban J connectivity index is 0.00000233. The van der Waals surface area contributed by atoms with Gasteiger partial charge in [-0.2, -0.15) is 0 Å². The van der Waals surface area contributed by atoms with Crippen molar-refractivity contribution < 1.29 is 29.0 Å². The molecule has 0 spiro atoms. The molecule has 1 unspecified atom stereocenters. The molecule has 2 aromatic rings. The van der Waals surface area contributed by atoms with Gasteiger partial charge in [0.25, 0.3) is 5.91 Å². The van der Waals surface area contributed by atoms with Crippen LogP contribution in [0.2, 0.25) is 0 Å². The average Bonchev–Trinajstić information content (AvgIpc) is 3.22. The molecule has 1 aromatic heterocycles. The summed E-state index contributed by atoms with van der Waals surface area (Å²) in [5.74, 6) is -1.20. The molecular weight excluding hydrogens is 420 g/mol. The highest BCUT2D eigenvalue weighted by atomic mass is 32.1. The van der Waals surface area contributed by atoms with Gasteiger partial charge in [0.05, 0.1) is 19.3 Å². The molecule has 1 aromatic carbocycles. The van der Waals surface area contributed by atoms with E-state index in [1.54, 1.807) is 44.4 Å². The van der Waals surface area contributed by atoms with Gasteiger partial charge in [-0.05, 0) is 44.5 Å². The van der Waals surface area contributed by atoms with Gasteiger partial charge < -0.3 is 19.9 Å². The first-order chi connectivity index (χ1) is 14.6. The minimum Gasteiger partial charge on any atom is -0.467 e. The summed E-state index contributed by atoms with van der Waals surface area (Å²) in [6, 6.07) is 7.66. The van der Waals surface area contributed by atoms with E-state index >= 15 is 0 Å². The smallest absolute Gasteiger partial charge is 0.412 e. The predicted octanol–water partition coefficient (Wildman–Crippen LogP) is 4.05. The summed E-state index contributed by atoms with van der Waals surface area (Å²) in [6.45, 7) is 8.80. The van der Waals surface area contributed by atoms with E-state index in [1.165, 1.54) is 18.4 Å². The lowest BCUT2D eigenvalue weighted by atomic mass is 10.1. The molecule has 0 bridgehead atoms. The van der Waals surface area contributed by atoms with E-state index in [9.17, 15) is 19.5 Å². The SMILES string of the molecule is CC.COC(=O)C(CO)NC(=O)c1csc(-c2ccc(NC(=O)OC(C)(C)C)cc2)c1. The Hall–Kier alpha value is -2.91. The minimum atomic E-state index is -1.12. The van der Waals surface area contributed by atoms with Crippen LogP contribution in [0.25, 0.3) is 10.4 Å². The van der Waals surface area contributed by atoms with Crippen LogP contribution in [0, 0.1) is 0 Å². The normalized spacial score (nSPS) is 11.5. The molecule has 0 saturated heterocycles. The Kier molecular flexibility index (Phi) is 10.2. The standard InChI is InChI=1S/C20H24N2O6S.C2H6/c1-20(2,3)28-19(26)21-14-7-5-12(6-8-14)16-9-13(11-29-16)17(24)22-15(10-23)18(25)27-4;1-2/h5-9,11,15,23H,10H2,1-4H3,(H,21,26)(H,22,24);1-2H3. The van der Waals surface area contributed by atoms with Crippen LogP contribution in [0.1, 0.15) is 45.0 Å². The lowest BCUT2D eigenvalue weighted by molar-refractivity contribution is -0.143. The van der Waals surface area contributed by atoms with Crippen molar-refractivity contribution in [2.24, 2.45) is 0 Å². The van der Waals surface area contributed by atoms with Crippen LogP contribution in [0.5, 0.6) is 0 Å². The van der Waals surface area contributed by atoms with E-state index in [0.29, 0.717) is 11.3 Å². The molecule has 9 heteroatoms. The van der Waals surface area contributed by atoms with Gasteiger partial charge in [-0.3, -0.25) is 10.1 Å². The molecule has 0 saturated carbocycles. The summed E-state index contributed by atoms with van der Waals surface area (Å²) in [4.78, 5) is 36.4. The van der Waals surface area contributed by atoms with E-state index in [-0.39, 0.29) is 0 Å². The monoisotopic (exact) mass is 450 g/mol. The fourth-order valence-corrected chi connectivity index (χ4v) is 3.21. The summed E-state index contributed by atoms with van der Waals surface area (Å²) >= 11 is 1.36. The van der Waals surface area contributed by atoms with Crippen LogP contribution in [0.3, 0.4) is 0 Å². The number of carbonyl (C=O) groups excluding carboxylic acids is 3. The second-order valence-electron chi connectivity index (χ2n) is 7.14. The number of aliphatic hydroxyl groups is 1. The van der Waals surface area contributed by atoms with E-state index in [2.05, 4.69) is 15.4 Å². The summed E-state index contributed by atoms with van der Waals surface area (Å²) in [6.07, 6.45) is -0.538. The fourth-order valence-electron chi connectivity index (χ4n) is 2.31. The maximum atomic E-state index is 12.3. The number of esters is 1. The molecule has 0 fully saturated rings. The second kappa shape index (κ2) is 12.1. The average molecular weight is 451 g/mol. The molecule has 0 radical (unpaired) electrons. The van der Waals surface area contributed by atoms with E-state index in [1.807, 2.05) is 26.0 Å². The summed E-state index contributed by atoms with van der Waals surface area (Å²) in [5.41, 5.74) is 1.22. The Bertz CT molecular complexity index is 871. The van der Waals surface area contributed by atoms with Crippen molar-refractivity contribution in [2.45, 2.75) is 46.3 Å². The number of anilines is 1. The quantitative estimate of drug-likeness (QED) is 0.572. The zero-order chi connectivity index (χ0) is 23.6. The zero-order valence-corrected chi connectivity index (χ0v) is 19.5. The maximum Gasteiger partial charge on any atom is 0.412 e. The molecule has 2 amide bonds. The van der Waals surface area contributed by atoms with Crippen LogP contribution in [0.15, 0.2) is 35.7 Å². The lowest BCUT2D eigenvalue weighted by Gasteiger charge is -2.19. The second-order valence-corrected chi connectivity index (χ2v) is 8.05. The van der Waals surface area contributed by atoms with E-state index < -0.39 is 36.2 Å². The van der Waals surface area contributed by atoms with Crippen LogP contribution < -0.4 is 10.6 Å². The van der Waals surface area contributed by atoms with Crippen molar-refractivity contribution in [3.63, 3.8) is 0 Å². The van der Waals surface area contributed by atoms with E-state index in [0.717, 1.165) is 10.4 Å². The van der Waals surface area contributed by atoms with Crippen LogP contribution >= 0.6 is 11.3 Å². The number of hydrogen-bond donors (Lipinski definition) is 3. The third-order valence-electron chi connectivity index (χ3n) is 3.65. The highest BCUT2D eigenvalue weighted by Gasteiger charge is 2.22. The molecule has 2 rings (SSSR count). The van der Waals surface area contributed by atoms with Crippen LogP contribution in [-0.4, -0.2) is 48.4 Å². The number of carbonyl (C=O) groups is 3. The van der Waals surface area contributed by atoms with Crippen molar-refractivity contribution in [1.29, 1.82) is 0 Å². The van der Waals surface area contributed by atoms with Gasteiger partial charge in [-0.1, -0.05) is 26.0 Å². The highest BCUT2D eigenvalue weighted by molar-refractivity contribution is 7.13. The largest absolute Gasteiger partial charge is 0.467 e. The number of rotatable bonds is 6. The Morgan fingerprint density at radius 2 is 1.74 bits per heavy atom. The zero-order valence-electron chi connectivity index (χ0n) is 18.6. The molecule has 8 nitrogen and oxygen atoms in total. The molecule has 0 aliphatic heterocycles. The first-order valence-corrected chi connectivity index (χ1v) is 10.7. The van der Waals surface area contributed by atoms with Gasteiger partial charge in [-0.25, -0.2) is 9.59 Å². The Labute approximate surface area is 186 Å².